The SMILES string of the molecule is COc1cc2c(cc1OC)[C@@H](C)N(c1ncnc3c1cnn3-c1ccc(C)cc1C)CC2. The second kappa shape index (κ2) is 7.82. The van der Waals surface area contributed by atoms with E-state index >= 15 is 0 Å². The smallest absolute Gasteiger partial charge is 0.168 e. The van der Waals surface area contributed by atoms with E-state index in [1.54, 1.807) is 20.5 Å². The Bertz CT molecular complexity index is 1310. The average Bonchev–Trinajstić information content (AvgIpc) is 3.23. The molecule has 164 valence electrons. The largest absolute Gasteiger partial charge is 0.493 e. The number of ether oxygens (including phenoxy) is 2. The lowest BCUT2D eigenvalue weighted by molar-refractivity contribution is 0.353. The quantitative estimate of drug-likeness (QED) is 0.473. The third kappa shape index (κ3) is 3.16. The molecule has 0 aliphatic carbocycles. The fourth-order valence-electron chi connectivity index (χ4n) is 4.71. The number of fused-ring (bicyclic) bond motifs is 2. The van der Waals surface area contributed by atoms with Crippen molar-refractivity contribution >= 4 is 16.9 Å². The number of rotatable bonds is 4. The van der Waals surface area contributed by atoms with Crippen LogP contribution in [-0.2, 0) is 6.42 Å². The van der Waals surface area contributed by atoms with Crippen molar-refractivity contribution in [2.75, 3.05) is 25.7 Å². The van der Waals surface area contributed by atoms with E-state index in [0.29, 0.717) is 0 Å². The summed E-state index contributed by atoms with van der Waals surface area (Å²) in [5.74, 6) is 2.42. The fourth-order valence-corrected chi connectivity index (χ4v) is 4.71. The highest BCUT2D eigenvalue weighted by atomic mass is 16.5. The number of benzene rings is 2. The topological polar surface area (TPSA) is 65.3 Å². The summed E-state index contributed by atoms with van der Waals surface area (Å²) in [6.45, 7) is 7.25. The Hall–Kier alpha value is -3.61. The van der Waals surface area contributed by atoms with Crippen LogP contribution < -0.4 is 14.4 Å². The zero-order chi connectivity index (χ0) is 22.4. The number of hydrogen-bond donors (Lipinski definition) is 0. The molecule has 4 aromatic rings. The van der Waals surface area contributed by atoms with E-state index in [1.165, 1.54) is 16.7 Å². The summed E-state index contributed by atoms with van der Waals surface area (Å²) >= 11 is 0. The van der Waals surface area contributed by atoms with E-state index in [9.17, 15) is 0 Å². The minimum atomic E-state index is 0.126. The second-order valence-corrected chi connectivity index (χ2v) is 8.31. The number of anilines is 1. The van der Waals surface area contributed by atoms with Gasteiger partial charge in [-0.1, -0.05) is 17.7 Å². The zero-order valence-electron chi connectivity index (χ0n) is 19.1. The highest BCUT2D eigenvalue weighted by molar-refractivity contribution is 5.88. The van der Waals surface area contributed by atoms with E-state index in [-0.39, 0.29) is 6.04 Å². The first-order chi connectivity index (χ1) is 15.5. The van der Waals surface area contributed by atoms with Gasteiger partial charge in [0, 0.05) is 6.54 Å². The number of methoxy groups -OCH3 is 2. The van der Waals surface area contributed by atoms with E-state index in [2.05, 4.69) is 71.1 Å². The van der Waals surface area contributed by atoms with E-state index < -0.39 is 0 Å². The van der Waals surface area contributed by atoms with Gasteiger partial charge in [-0.2, -0.15) is 5.10 Å². The van der Waals surface area contributed by atoms with Gasteiger partial charge < -0.3 is 14.4 Å². The first-order valence-corrected chi connectivity index (χ1v) is 10.8. The Morgan fingerprint density at radius 3 is 2.53 bits per heavy atom. The molecule has 0 saturated heterocycles. The molecule has 2 aromatic heterocycles. The standard InChI is InChI=1S/C25H27N5O2/c1-15-6-7-21(16(2)10-15)30-25-20(13-28-30)24(26-14-27-25)29-9-8-18-11-22(31-4)23(32-5)12-19(18)17(29)3/h6-7,10-14,17H,8-9H2,1-5H3/t17-/m1/s1. The van der Waals surface area contributed by atoms with Crippen molar-refractivity contribution in [1.29, 1.82) is 0 Å². The zero-order valence-corrected chi connectivity index (χ0v) is 19.1. The lowest BCUT2D eigenvalue weighted by atomic mass is 9.92. The molecule has 0 radical (unpaired) electrons. The highest BCUT2D eigenvalue weighted by Crippen LogP contribution is 2.40. The third-order valence-corrected chi connectivity index (χ3v) is 6.38. The predicted octanol–water partition coefficient (Wildman–Crippen LogP) is 4.57. The minimum absolute atomic E-state index is 0.126. The molecule has 0 fully saturated rings. The van der Waals surface area contributed by atoms with Crippen molar-refractivity contribution in [2.24, 2.45) is 0 Å². The van der Waals surface area contributed by atoms with Crippen LogP contribution in [0.2, 0.25) is 0 Å². The summed E-state index contributed by atoms with van der Waals surface area (Å²) in [6.07, 6.45) is 4.41. The van der Waals surface area contributed by atoms with Crippen LogP contribution in [0.15, 0.2) is 42.9 Å². The molecule has 1 atom stereocenters. The van der Waals surface area contributed by atoms with Crippen LogP contribution in [0.3, 0.4) is 0 Å². The van der Waals surface area contributed by atoms with E-state index in [4.69, 9.17) is 9.47 Å². The second-order valence-electron chi connectivity index (χ2n) is 8.31. The Kier molecular flexibility index (Phi) is 4.96. The molecule has 0 amide bonds. The molecule has 0 unspecified atom stereocenters. The van der Waals surface area contributed by atoms with Gasteiger partial charge in [0.2, 0.25) is 0 Å². The molecule has 32 heavy (non-hydrogen) atoms. The van der Waals surface area contributed by atoms with E-state index in [1.807, 2.05) is 10.9 Å². The van der Waals surface area contributed by atoms with Crippen LogP contribution in [0.4, 0.5) is 5.82 Å². The van der Waals surface area contributed by atoms with Crippen LogP contribution in [0.5, 0.6) is 11.5 Å². The lowest BCUT2D eigenvalue weighted by Gasteiger charge is -2.36. The summed E-state index contributed by atoms with van der Waals surface area (Å²) in [5.41, 5.74) is 6.74. The Morgan fingerprint density at radius 2 is 1.78 bits per heavy atom. The van der Waals surface area contributed by atoms with E-state index in [0.717, 1.165) is 52.6 Å². The van der Waals surface area contributed by atoms with Crippen molar-refractivity contribution in [3.8, 4) is 17.2 Å². The number of aromatic nitrogens is 4. The highest BCUT2D eigenvalue weighted by Gasteiger charge is 2.29. The van der Waals surface area contributed by atoms with Gasteiger partial charge in [0.25, 0.3) is 0 Å². The van der Waals surface area contributed by atoms with Crippen molar-refractivity contribution in [2.45, 2.75) is 33.2 Å². The molecular weight excluding hydrogens is 402 g/mol. The molecule has 7 nitrogen and oxygen atoms in total. The van der Waals surface area contributed by atoms with Gasteiger partial charge in [-0.05, 0) is 62.1 Å². The van der Waals surface area contributed by atoms with Crippen LogP contribution in [-0.4, -0.2) is 40.5 Å². The van der Waals surface area contributed by atoms with Gasteiger partial charge in [-0.25, -0.2) is 14.6 Å². The molecule has 2 aromatic carbocycles. The number of hydrogen-bond acceptors (Lipinski definition) is 6. The molecule has 5 rings (SSSR count). The summed E-state index contributed by atoms with van der Waals surface area (Å²) in [7, 11) is 3.35. The first-order valence-electron chi connectivity index (χ1n) is 10.8. The van der Waals surface area contributed by atoms with Crippen LogP contribution in [0.25, 0.3) is 16.7 Å². The monoisotopic (exact) mass is 429 g/mol. The van der Waals surface area contributed by atoms with Gasteiger partial charge in [0.1, 0.15) is 12.1 Å². The minimum Gasteiger partial charge on any atom is -0.493 e. The van der Waals surface area contributed by atoms with Crippen LogP contribution in [0.1, 0.15) is 35.2 Å². The average molecular weight is 430 g/mol. The Balaban J connectivity index is 1.58. The molecule has 0 N–H and O–H groups in total. The van der Waals surface area contributed by atoms with Crippen LogP contribution >= 0.6 is 0 Å². The molecule has 0 saturated carbocycles. The predicted molar refractivity (Wildman–Crippen MR) is 125 cm³/mol. The maximum Gasteiger partial charge on any atom is 0.168 e. The molecule has 1 aliphatic rings. The number of nitrogens with zero attached hydrogens (tertiary/aromatic N) is 5. The van der Waals surface area contributed by atoms with Crippen molar-refractivity contribution < 1.29 is 9.47 Å². The third-order valence-electron chi connectivity index (χ3n) is 6.38. The summed E-state index contributed by atoms with van der Waals surface area (Å²) in [6, 6.07) is 10.7. The first kappa shape index (κ1) is 20.3. The van der Waals surface area contributed by atoms with Gasteiger partial charge >= 0.3 is 0 Å². The molecule has 7 heteroatoms. The van der Waals surface area contributed by atoms with Crippen molar-refractivity contribution in [1.82, 2.24) is 19.7 Å². The van der Waals surface area contributed by atoms with Gasteiger partial charge in [0.15, 0.2) is 17.1 Å². The van der Waals surface area contributed by atoms with Gasteiger partial charge in [0.05, 0.1) is 37.5 Å². The Morgan fingerprint density at radius 1 is 1.00 bits per heavy atom. The summed E-state index contributed by atoms with van der Waals surface area (Å²) in [5, 5.41) is 5.63. The van der Waals surface area contributed by atoms with Gasteiger partial charge in [-0.3, -0.25) is 0 Å². The Labute approximate surface area is 187 Å². The fraction of sp³-hybridized carbons (Fsp3) is 0.320. The summed E-state index contributed by atoms with van der Waals surface area (Å²) in [4.78, 5) is 11.6. The van der Waals surface area contributed by atoms with Crippen molar-refractivity contribution in [3.63, 3.8) is 0 Å². The lowest BCUT2D eigenvalue weighted by Crippen LogP contribution is -2.34. The normalized spacial score (nSPS) is 15.7. The molecule has 0 spiro atoms. The molecular formula is C25H27N5O2. The number of aryl methyl sites for hydroxylation is 2. The maximum absolute atomic E-state index is 5.55. The van der Waals surface area contributed by atoms with Crippen molar-refractivity contribution in [3.05, 3.63) is 65.1 Å². The molecule has 3 heterocycles. The molecule has 1 aliphatic heterocycles. The molecule has 0 bridgehead atoms. The summed E-state index contributed by atoms with van der Waals surface area (Å²) < 4.78 is 13.0. The van der Waals surface area contributed by atoms with Crippen LogP contribution in [0, 0.1) is 13.8 Å². The van der Waals surface area contributed by atoms with Gasteiger partial charge in [-0.15, -0.1) is 0 Å². The maximum atomic E-state index is 5.55.